The van der Waals surface area contributed by atoms with Crippen molar-refractivity contribution in [2.75, 3.05) is 6.54 Å². The summed E-state index contributed by atoms with van der Waals surface area (Å²) in [6.45, 7) is 3.12. The van der Waals surface area contributed by atoms with Crippen molar-refractivity contribution >= 4 is 22.8 Å². The molecule has 0 spiro atoms. The Morgan fingerprint density at radius 1 is 1.27 bits per heavy atom. The van der Waals surface area contributed by atoms with Crippen LogP contribution in [0.3, 0.4) is 0 Å². The molecule has 0 saturated carbocycles. The zero-order valence-corrected chi connectivity index (χ0v) is 12.5. The molecule has 5 heteroatoms. The van der Waals surface area contributed by atoms with E-state index in [1.807, 2.05) is 11.0 Å². The van der Waals surface area contributed by atoms with Crippen LogP contribution in [0.5, 0.6) is 0 Å². The summed E-state index contributed by atoms with van der Waals surface area (Å²) in [6, 6.07) is 5.35. The molecule has 5 nitrogen and oxygen atoms in total. The Hall–Kier alpha value is -2.30. The lowest BCUT2D eigenvalue weighted by Gasteiger charge is -2.39. The molecule has 2 aliphatic rings. The minimum atomic E-state index is -1.14. The van der Waals surface area contributed by atoms with Crippen LogP contribution in [0.1, 0.15) is 47.4 Å². The Balaban J connectivity index is 1.97. The van der Waals surface area contributed by atoms with Crippen LogP contribution in [0.4, 0.5) is 0 Å². The number of hydrogen-bond donors (Lipinski definition) is 0. The van der Waals surface area contributed by atoms with Crippen molar-refractivity contribution in [2.45, 2.75) is 38.8 Å². The molecule has 4 rings (SSSR count). The van der Waals surface area contributed by atoms with Crippen molar-refractivity contribution in [3.8, 4) is 0 Å². The molecular weight excluding hydrogens is 280 g/mol. The molecule has 0 saturated heterocycles. The number of nitrogens with zero attached hydrogens (tertiary/aromatic N) is 2. The van der Waals surface area contributed by atoms with Crippen LogP contribution < -0.4 is 5.11 Å². The summed E-state index contributed by atoms with van der Waals surface area (Å²) in [7, 11) is 0. The zero-order chi connectivity index (χ0) is 15.4. The van der Waals surface area contributed by atoms with E-state index in [1.165, 1.54) is 11.3 Å². The van der Waals surface area contributed by atoms with Gasteiger partial charge in [-0.3, -0.25) is 4.79 Å². The lowest BCUT2D eigenvalue weighted by atomic mass is 9.89. The Kier molecular flexibility index (Phi) is 2.79. The topological polar surface area (TPSA) is 65.4 Å². The molecule has 1 aliphatic carbocycles. The second-order valence-corrected chi connectivity index (χ2v) is 6.16. The number of benzene rings is 1. The van der Waals surface area contributed by atoms with Crippen molar-refractivity contribution in [3.05, 3.63) is 35.0 Å². The molecule has 0 fully saturated rings. The molecule has 1 amide bonds. The number of carboxylic acid groups (broad SMARTS) is 1. The van der Waals surface area contributed by atoms with Crippen molar-refractivity contribution < 1.29 is 14.7 Å². The van der Waals surface area contributed by atoms with E-state index in [-0.39, 0.29) is 17.5 Å². The van der Waals surface area contributed by atoms with Gasteiger partial charge in [-0.05, 0) is 42.5 Å². The van der Waals surface area contributed by atoms with Gasteiger partial charge < -0.3 is 19.4 Å². The molecule has 2 heterocycles. The van der Waals surface area contributed by atoms with Gasteiger partial charge in [-0.15, -0.1) is 0 Å². The average Bonchev–Trinajstić information content (AvgIpc) is 2.83. The van der Waals surface area contributed by atoms with Crippen molar-refractivity contribution in [1.29, 1.82) is 0 Å². The number of carbonyl (C=O) groups is 2. The first-order valence-electron chi connectivity index (χ1n) is 7.71. The molecule has 2 aromatic rings. The number of carboxylic acids is 1. The minimum Gasteiger partial charge on any atom is -0.545 e. The molecule has 1 aromatic carbocycles. The average molecular weight is 297 g/mol. The largest absolute Gasteiger partial charge is 0.545 e. The number of carbonyl (C=O) groups excluding carboxylic acids is 2. The van der Waals surface area contributed by atoms with E-state index >= 15 is 0 Å². The normalized spacial score (nSPS) is 20.0. The standard InChI is InChI=1S/C17H18N2O3/c1-10(20)18-7-8-19-14-6-5-11(17(21)22)9-13(14)12-3-2-4-15(18)16(12)19/h5-6,9,15H,2-4,7-8H2,1H3,(H,21,22)/p-1/t15-/m0/s1. The number of amides is 1. The van der Waals surface area contributed by atoms with Gasteiger partial charge in [-0.2, -0.15) is 0 Å². The Bertz CT molecular complexity index is 806. The molecule has 1 aliphatic heterocycles. The highest BCUT2D eigenvalue weighted by molar-refractivity contribution is 5.95. The highest BCUT2D eigenvalue weighted by Crippen LogP contribution is 2.42. The van der Waals surface area contributed by atoms with Crippen molar-refractivity contribution in [2.24, 2.45) is 0 Å². The summed E-state index contributed by atoms with van der Waals surface area (Å²) in [4.78, 5) is 25.0. The van der Waals surface area contributed by atoms with Crippen LogP contribution in [0.2, 0.25) is 0 Å². The van der Waals surface area contributed by atoms with E-state index in [9.17, 15) is 14.7 Å². The fourth-order valence-electron chi connectivity index (χ4n) is 4.11. The van der Waals surface area contributed by atoms with Crippen LogP contribution in [0.15, 0.2) is 18.2 Å². The Morgan fingerprint density at radius 3 is 2.82 bits per heavy atom. The summed E-state index contributed by atoms with van der Waals surface area (Å²) in [5, 5.41) is 12.1. The maximum Gasteiger partial charge on any atom is 0.220 e. The second kappa shape index (κ2) is 4.60. The Morgan fingerprint density at radius 2 is 2.09 bits per heavy atom. The number of hydrogen-bond acceptors (Lipinski definition) is 3. The third-order valence-electron chi connectivity index (χ3n) is 5.01. The van der Waals surface area contributed by atoms with E-state index in [0.717, 1.165) is 43.3 Å². The van der Waals surface area contributed by atoms with Gasteiger partial charge in [0.1, 0.15) is 0 Å². The number of aryl methyl sites for hydroxylation is 1. The molecule has 1 atom stereocenters. The fourth-order valence-corrected chi connectivity index (χ4v) is 4.11. The first kappa shape index (κ1) is 13.4. The fraction of sp³-hybridized carbons (Fsp3) is 0.412. The first-order chi connectivity index (χ1) is 10.6. The van der Waals surface area contributed by atoms with Gasteiger partial charge in [0.25, 0.3) is 0 Å². The van der Waals surface area contributed by atoms with Gasteiger partial charge in [0.15, 0.2) is 0 Å². The molecular formula is C17H17N2O3-. The maximum absolute atomic E-state index is 11.9. The molecule has 0 radical (unpaired) electrons. The highest BCUT2D eigenvalue weighted by Gasteiger charge is 2.35. The second-order valence-electron chi connectivity index (χ2n) is 6.16. The molecule has 0 bridgehead atoms. The van der Waals surface area contributed by atoms with Gasteiger partial charge in [0, 0.05) is 36.6 Å². The van der Waals surface area contributed by atoms with E-state index in [2.05, 4.69) is 4.57 Å². The number of rotatable bonds is 1. The lowest BCUT2D eigenvalue weighted by Crippen LogP contribution is -2.42. The monoisotopic (exact) mass is 297 g/mol. The SMILES string of the molecule is CC(=O)N1CCn2c3c(c4cc(C(=O)[O-])ccc42)CCC[C@@H]31. The molecule has 0 N–H and O–H groups in total. The summed E-state index contributed by atoms with van der Waals surface area (Å²) >= 11 is 0. The van der Waals surface area contributed by atoms with Crippen LogP contribution >= 0.6 is 0 Å². The van der Waals surface area contributed by atoms with Crippen molar-refractivity contribution in [1.82, 2.24) is 9.47 Å². The molecule has 0 unspecified atom stereocenters. The first-order valence-corrected chi connectivity index (χ1v) is 7.71. The van der Waals surface area contributed by atoms with Crippen LogP contribution in [-0.4, -0.2) is 27.9 Å². The van der Waals surface area contributed by atoms with E-state index in [1.54, 1.807) is 19.1 Å². The smallest absolute Gasteiger partial charge is 0.220 e. The number of aromatic nitrogens is 1. The minimum absolute atomic E-state index is 0.116. The van der Waals surface area contributed by atoms with Crippen LogP contribution in [0.25, 0.3) is 10.9 Å². The number of aromatic carboxylic acids is 1. The van der Waals surface area contributed by atoms with Gasteiger partial charge in [-0.1, -0.05) is 6.07 Å². The van der Waals surface area contributed by atoms with Gasteiger partial charge >= 0.3 is 0 Å². The predicted octanol–water partition coefficient (Wildman–Crippen LogP) is 1.24. The summed E-state index contributed by atoms with van der Waals surface area (Å²) < 4.78 is 2.27. The third kappa shape index (κ3) is 1.71. The van der Waals surface area contributed by atoms with Crippen molar-refractivity contribution in [3.63, 3.8) is 0 Å². The third-order valence-corrected chi connectivity index (χ3v) is 5.01. The molecule has 1 aromatic heterocycles. The van der Waals surface area contributed by atoms with Crippen LogP contribution in [0, 0.1) is 0 Å². The van der Waals surface area contributed by atoms with Gasteiger partial charge in [0.05, 0.1) is 12.0 Å². The Labute approximate surface area is 128 Å². The van der Waals surface area contributed by atoms with E-state index in [0.29, 0.717) is 0 Å². The summed E-state index contributed by atoms with van der Waals surface area (Å²) in [5.41, 5.74) is 3.71. The van der Waals surface area contributed by atoms with E-state index in [4.69, 9.17) is 0 Å². The maximum atomic E-state index is 11.9. The number of fused-ring (bicyclic) bond motifs is 3. The molecule has 22 heavy (non-hydrogen) atoms. The molecule has 114 valence electrons. The quantitative estimate of drug-likeness (QED) is 0.795. The highest BCUT2D eigenvalue weighted by atomic mass is 16.4. The van der Waals surface area contributed by atoms with Gasteiger partial charge in [-0.25, -0.2) is 0 Å². The zero-order valence-electron chi connectivity index (χ0n) is 12.5. The van der Waals surface area contributed by atoms with Gasteiger partial charge in [0.2, 0.25) is 5.91 Å². The lowest BCUT2D eigenvalue weighted by molar-refractivity contribution is -0.255. The van der Waals surface area contributed by atoms with E-state index < -0.39 is 5.97 Å². The predicted molar refractivity (Wildman–Crippen MR) is 79.3 cm³/mol. The summed E-state index contributed by atoms with van der Waals surface area (Å²) in [5.74, 6) is -1.03. The van der Waals surface area contributed by atoms with Crippen LogP contribution in [-0.2, 0) is 17.8 Å². The summed E-state index contributed by atoms with van der Waals surface area (Å²) in [6.07, 6.45) is 2.95.